The van der Waals surface area contributed by atoms with Crippen molar-refractivity contribution >= 4 is 11.7 Å². The fourth-order valence-electron chi connectivity index (χ4n) is 5.25. The fraction of sp³-hybridized carbons (Fsp3) is 0.682. The topological polar surface area (TPSA) is 48.1 Å². The molecule has 0 spiro atoms. The van der Waals surface area contributed by atoms with E-state index in [1.807, 2.05) is 12.1 Å². The maximum Gasteiger partial charge on any atom is 0.317 e. The van der Waals surface area contributed by atoms with Crippen molar-refractivity contribution in [2.24, 2.45) is 5.92 Å². The van der Waals surface area contributed by atoms with Crippen molar-refractivity contribution < 1.29 is 9.53 Å². The Morgan fingerprint density at radius 1 is 1.07 bits per heavy atom. The second-order valence-corrected chi connectivity index (χ2v) is 8.60. The summed E-state index contributed by atoms with van der Waals surface area (Å²) in [5, 5.41) is 3.35. The first-order valence-electron chi connectivity index (χ1n) is 10.8. The van der Waals surface area contributed by atoms with E-state index in [1.54, 1.807) is 7.11 Å². The highest BCUT2D eigenvalue weighted by Gasteiger charge is 2.37. The number of piperidine rings is 3. The van der Waals surface area contributed by atoms with Crippen LogP contribution < -0.4 is 15.0 Å². The van der Waals surface area contributed by atoms with Gasteiger partial charge in [0, 0.05) is 38.3 Å². The minimum absolute atomic E-state index is 0.162. The summed E-state index contributed by atoms with van der Waals surface area (Å²) in [4.78, 5) is 20.0. The van der Waals surface area contributed by atoms with Crippen LogP contribution in [0.15, 0.2) is 24.3 Å². The maximum atomic E-state index is 13.0. The Labute approximate surface area is 168 Å². The number of methoxy groups -OCH3 is 1. The van der Waals surface area contributed by atoms with Crippen LogP contribution in [0.25, 0.3) is 0 Å². The van der Waals surface area contributed by atoms with Gasteiger partial charge in [0.2, 0.25) is 0 Å². The van der Waals surface area contributed by atoms with Gasteiger partial charge in [-0.1, -0.05) is 12.1 Å². The Balaban J connectivity index is 1.31. The lowest BCUT2D eigenvalue weighted by atomic mass is 9.84. The molecule has 3 saturated heterocycles. The normalized spacial score (nSPS) is 26.6. The Morgan fingerprint density at radius 3 is 2.64 bits per heavy atom. The van der Waals surface area contributed by atoms with Gasteiger partial charge in [-0.15, -0.1) is 0 Å². The van der Waals surface area contributed by atoms with E-state index in [1.165, 1.54) is 6.42 Å². The number of rotatable bonds is 3. The quantitative estimate of drug-likeness (QED) is 0.868. The first-order valence-corrected chi connectivity index (χ1v) is 10.8. The third-order valence-electron chi connectivity index (χ3n) is 6.78. The predicted octanol–water partition coefficient (Wildman–Crippen LogP) is 2.79. The predicted molar refractivity (Wildman–Crippen MR) is 112 cm³/mol. The van der Waals surface area contributed by atoms with Crippen molar-refractivity contribution in [1.29, 1.82) is 0 Å². The van der Waals surface area contributed by atoms with E-state index in [0.717, 1.165) is 69.8 Å². The average molecular weight is 387 g/mol. The lowest BCUT2D eigenvalue weighted by Crippen LogP contribution is -2.59. The minimum atomic E-state index is 0.162. The molecule has 3 aliphatic heterocycles. The zero-order valence-electron chi connectivity index (χ0n) is 17.3. The molecule has 0 aromatic heterocycles. The van der Waals surface area contributed by atoms with Gasteiger partial charge in [0.05, 0.1) is 12.8 Å². The monoisotopic (exact) mass is 386 g/mol. The van der Waals surface area contributed by atoms with Crippen molar-refractivity contribution in [1.82, 2.24) is 15.1 Å². The molecule has 3 heterocycles. The molecule has 3 fully saturated rings. The Kier molecular flexibility index (Phi) is 5.95. The van der Waals surface area contributed by atoms with Gasteiger partial charge in [0.1, 0.15) is 5.75 Å². The van der Waals surface area contributed by atoms with Crippen LogP contribution in [0.4, 0.5) is 10.5 Å². The van der Waals surface area contributed by atoms with Crippen LogP contribution in [0.5, 0.6) is 5.75 Å². The molecule has 6 nitrogen and oxygen atoms in total. The summed E-state index contributed by atoms with van der Waals surface area (Å²) >= 11 is 0. The van der Waals surface area contributed by atoms with E-state index < -0.39 is 0 Å². The fourth-order valence-corrected chi connectivity index (χ4v) is 5.25. The molecule has 0 saturated carbocycles. The molecule has 1 aromatic carbocycles. The van der Waals surface area contributed by atoms with Gasteiger partial charge >= 0.3 is 6.03 Å². The molecule has 1 N–H and O–H groups in total. The van der Waals surface area contributed by atoms with Gasteiger partial charge in [-0.25, -0.2) is 4.79 Å². The molecular formula is C22H34N4O2. The number of fused-ring (bicyclic) bond motifs is 1. The number of nitrogens with one attached hydrogen (secondary N) is 1. The molecule has 0 bridgehead atoms. The molecule has 2 amide bonds. The number of anilines is 1. The Bertz CT molecular complexity index is 674. The van der Waals surface area contributed by atoms with Crippen LogP contribution >= 0.6 is 0 Å². The van der Waals surface area contributed by atoms with Gasteiger partial charge in [-0.2, -0.15) is 0 Å². The number of hydrogen-bond donors (Lipinski definition) is 1. The van der Waals surface area contributed by atoms with Crippen LogP contribution in [-0.4, -0.2) is 74.8 Å². The lowest BCUT2D eigenvalue weighted by molar-refractivity contribution is 0.0521. The molecule has 0 aliphatic carbocycles. The Morgan fingerprint density at radius 2 is 1.86 bits per heavy atom. The molecular weight excluding hydrogens is 352 g/mol. The molecule has 154 valence electrons. The van der Waals surface area contributed by atoms with Gasteiger partial charge in [-0.3, -0.25) is 0 Å². The van der Waals surface area contributed by atoms with Crippen molar-refractivity contribution in [3.05, 3.63) is 24.3 Å². The summed E-state index contributed by atoms with van der Waals surface area (Å²) in [6, 6.07) is 9.05. The van der Waals surface area contributed by atoms with Crippen LogP contribution in [0, 0.1) is 5.92 Å². The second-order valence-electron chi connectivity index (χ2n) is 8.60. The minimum Gasteiger partial charge on any atom is -0.495 e. The van der Waals surface area contributed by atoms with Crippen LogP contribution in [-0.2, 0) is 0 Å². The van der Waals surface area contributed by atoms with Crippen molar-refractivity contribution in [2.75, 3.05) is 51.8 Å². The molecule has 2 unspecified atom stereocenters. The number of carbonyl (C=O) groups is 1. The van der Waals surface area contributed by atoms with Gasteiger partial charge < -0.3 is 24.8 Å². The SMILES string of the molecule is COc1ccccc1N1CCC(NC(=O)N2CCCC3CN(C)CCC32)CC1. The van der Waals surface area contributed by atoms with Crippen LogP contribution in [0.2, 0.25) is 0 Å². The van der Waals surface area contributed by atoms with Crippen molar-refractivity contribution in [3.63, 3.8) is 0 Å². The van der Waals surface area contributed by atoms with E-state index in [9.17, 15) is 4.79 Å². The zero-order chi connectivity index (χ0) is 19.5. The van der Waals surface area contributed by atoms with Crippen molar-refractivity contribution in [2.45, 2.75) is 44.2 Å². The lowest BCUT2D eigenvalue weighted by Gasteiger charge is -2.47. The van der Waals surface area contributed by atoms with Gasteiger partial charge in [0.25, 0.3) is 0 Å². The number of likely N-dealkylation sites (tertiary alicyclic amines) is 2. The highest BCUT2D eigenvalue weighted by molar-refractivity contribution is 5.75. The number of amides is 2. The first-order chi connectivity index (χ1) is 13.7. The summed E-state index contributed by atoms with van der Waals surface area (Å²) < 4.78 is 5.51. The number of nitrogens with zero attached hydrogens (tertiary/aromatic N) is 3. The molecule has 6 heteroatoms. The maximum absolute atomic E-state index is 13.0. The van der Waals surface area contributed by atoms with E-state index in [2.05, 4.69) is 39.2 Å². The third kappa shape index (κ3) is 4.07. The van der Waals surface area contributed by atoms with Gasteiger partial charge in [-0.05, 0) is 63.7 Å². The van der Waals surface area contributed by atoms with E-state index in [4.69, 9.17) is 4.74 Å². The molecule has 28 heavy (non-hydrogen) atoms. The average Bonchev–Trinajstić information content (AvgIpc) is 2.73. The number of para-hydroxylation sites is 2. The van der Waals surface area contributed by atoms with Gasteiger partial charge in [0.15, 0.2) is 0 Å². The summed E-state index contributed by atoms with van der Waals surface area (Å²) in [5.74, 6) is 1.57. The Hall–Kier alpha value is -1.95. The first kappa shape index (κ1) is 19.4. The molecule has 0 radical (unpaired) electrons. The summed E-state index contributed by atoms with van der Waals surface area (Å²) in [5.41, 5.74) is 1.15. The molecule has 2 atom stereocenters. The van der Waals surface area contributed by atoms with E-state index in [0.29, 0.717) is 12.0 Å². The number of urea groups is 1. The molecule has 4 rings (SSSR count). The number of carbonyl (C=O) groups excluding carboxylic acids is 1. The number of hydrogen-bond acceptors (Lipinski definition) is 4. The number of benzene rings is 1. The van der Waals surface area contributed by atoms with Crippen LogP contribution in [0.3, 0.4) is 0 Å². The number of ether oxygens (including phenoxy) is 1. The summed E-state index contributed by atoms with van der Waals surface area (Å²) in [7, 11) is 3.92. The van der Waals surface area contributed by atoms with E-state index in [-0.39, 0.29) is 12.1 Å². The standard InChI is InChI=1S/C22H34N4O2/c1-24-13-11-19-17(16-24)6-5-12-26(19)22(27)23-18-9-14-25(15-10-18)20-7-3-4-8-21(20)28-2/h3-4,7-8,17-19H,5-6,9-16H2,1-2H3,(H,23,27). The summed E-state index contributed by atoms with van der Waals surface area (Å²) in [6.07, 6.45) is 5.47. The second kappa shape index (κ2) is 8.60. The summed E-state index contributed by atoms with van der Waals surface area (Å²) in [6.45, 7) is 5.04. The zero-order valence-corrected chi connectivity index (χ0v) is 17.3. The third-order valence-corrected chi connectivity index (χ3v) is 6.78. The highest BCUT2D eigenvalue weighted by atomic mass is 16.5. The largest absolute Gasteiger partial charge is 0.495 e. The molecule has 1 aromatic rings. The highest BCUT2D eigenvalue weighted by Crippen LogP contribution is 2.31. The van der Waals surface area contributed by atoms with Crippen molar-refractivity contribution in [3.8, 4) is 5.75 Å². The smallest absolute Gasteiger partial charge is 0.317 e. The van der Waals surface area contributed by atoms with E-state index >= 15 is 0 Å². The van der Waals surface area contributed by atoms with Crippen LogP contribution in [0.1, 0.15) is 32.1 Å². The molecule has 3 aliphatic rings.